The average molecular weight is 408 g/mol. The summed E-state index contributed by atoms with van der Waals surface area (Å²) in [4.78, 5) is 24.6. The van der Waals surface area contributed by atoms with E-state index in [0.29, 0.717) is 33.4 Å². The molecule has 2 aromatic carbocycles. The highest BCUT2D eigenvalue weighted by molar-refractivity contribution is 7.12. The Kier molecular flexibility index (Phi) is 6.45. The lowest BCUT2D eigenvalue weighted by atomic mass is 10.2. The number of ether oxygens (including phenoxy) is 3. The predicted molar refractivity (Wildman–Crippen MR) is 108 cm³/mol. The van der Waals surface area contributed by atoms with E-state index < -0.39 is 5.97 Å². The maximum atomic E-state index is 12.0. The molecule has 146 valence electrons. The van der Waals surface area contributed by atoms with Crippen molar-refractivity contribution in [3.63, 3.8) is 0 Å². The minimum atomic E-state index is -0.605. The normalized spacial score (nSPS) is 9.93. The van der Waals surface area contributed by atoms with Crippen LogP contribution in [0, 0.1) is 11.3 Å². The lowest BCUT2D eigenvalue weighted by Crippen LogP contribution is -2.18. The van der Waals surface area contributed by atoms with E-state index in [-0.39, 0.29) is 12.5 Å². The van der Waals surface area contributed by atoms with Gasteiger partial charge in [-0.15, -0.1) is 11.3 Å². The molecule has 3 rings (SSSR count). The molecule has 0 atom stereocenters. The van der Waals surface area contributed by atoms with Gasteiger partial charge in [0.15, 0.2) is 18.1 Å². The summed E-state index contributed by atoms with van der Waals surface area (Å²) in [6.07, 6.45) is 0. The van der Waals surface area contributed by atoms with E-state index in [4.69, 9.17) is 19.5 Å². The summed E-state index contributed by atoms with van der Waals surface area (Å²) in [6, 6.07) is 16.6. The molecular formula is C21H16N2O5S. The molecule has 0 saturated carbocycles. The smallest absolute Gasteiger partial charge is 0.349 e. The number of amides is 1. The van der Waals surface area contributed by atoms with Gasteiger partial charge in [0.1, 0.15) is 5.75 Å². The molecule has 1 amide bonds. The minimum absolute atomic E-state index is 0.200. The van der Waals surface area contributed by atoms with Crippen LogP contribution in [0.25, 0.3) is 0 Å². The third kappa shape index (κ3) is 5.34. The molecule has 29 heavy (non-hydrogen) atoms. The Labute approximate surface area is 171 Å². The van der Waals surface area contributed by atoms with Crippen LogP contribution in [0.1, 0.15) is 15.2 Å². The van der Waals surface area contributed by atoms with Crippen molar-refractivity contribution >= 4 is 28.9 Å². The monoisotopic (exact) mass is 408 g/mol. The van der Waals surface area contributed by atoms with E-state index in [0.717, 1.165) is 0 Å². The molecule has 0 fully saturated rings. The second-order valence-corrected chi connectivity index (χ2v) is 6.64. The van der Waals surface area contributed by atoms with E-state index in [2.05, 4.69) is 5.32 Å². The van der Waals surface area contributed by atoms with Crippen molar-refractivity contribution < 1.29 is 23.8 Å². The van der Waals surface area contributed by atoms with E-state index in [1.54, 1.807) is 48.5 Å². The summed E-state index contributed by atoms with van der Waals surface area (Å²) in [5.41, 5.74) is 1.00. The average Bonchev–Trinajstić information content (AvgIpc) is 3.28. The van der Waals surface area contributed by atoms with Gasteiger partial charge in [-0.05, 0) is 47.8 Å². The molecular weight excluding hydrogens is 392 g/mol. The number of esters is 1. The molecule has 1 aromatic heterocycles. The quantitative estimate of drug-likeness (QED) is 0.471. The summed E-state index contributed by atoms with van der Waals surface area (Å²) < 4.78 is 15.8. The molecule has 0 radical (unpaired) electrons. The van der Waals surface area contributed by atoms with Gasteiger partial charge < -0.3 is 19.5 Å². The molecule has 7 nitrogen and oxygen atoms in total. The zero-order valence-corrected chi connectivity index (χ0v) is 16.2. The maximum absolute atomic E-state index is 12.0. The third-order valence-electron chi connectivity index (χ3n) is 3.73. The lowest BCUT2D eigenvalue weighted by Gasteiger charge is -2.11. The molecule has 1 heterocycles. The van der Waals surface area contributed by atoms with E-state index in [1.165, 1.54) is 24.5 Å². The Balaban J connectivity index is 1.53. The standard InChI is InChI=1S/C21H16N2O5S/c1-26-18-11-14(12-22)4-9-17(18)27-13-20(24)28-16-7-5-15(6-8-16)23-21(25)19-3-2-10-29-19/h2-11H,13H2,1H3,(H,23,25). The van der Waals surface area contributed by atoms with Crippen molar-refractivity contribution in [2.24, 2.45) is 0 Å². The van der Waals surface area contributed by atoms with Gasteiger partial charge in [-0.3, -0.25) is 4.79 Å². The topological polar surface area (TPSA) is 97.7 Å². The number of rotatable bonds is 7. The van der Waals surface area contributed by atoms with E-state index >= 15 is 0 Å². The van der Waals surface area contributed by atoms with Crippen LogP contribution in [0.15, 0.2) is 60.0 Å². The third-order valence-corrected chi connectivity index (χ3v) is 4.60. The second kappa shape index (κ2) is 9.39. The molecule has 0 aliphatic heterocycles. The highest BCUT2D eigenvalue weighted by Gasteiger charge is 2.11. The number of thiophene rings is 1. The van der Waals surface area contributed by atoms with Gasteiger partial charge >= 0.3 is 5.97 Å². The van der Waals surface area contributed by atoms with Gasteiger partial charge in [-0.2, -0.15) is 5.26 Å². The predicted octanol–water partition coefficient (Wildman–Crippen LogP) is 3.87. The van der Waals surface area contributed by atoms with Gasteiger partial charge in [0.25, 0.3) is 5.91 Å². The first kappa shape index (κ1) is 19.9. The summed E-state index contributed by atoms with van der Waals surface area (Å²) >= 11 is 1.35. The number of benzene rings is 2. The summed E-state index contributed by atoms with van der Waals surface area (Å²) in [7, 11) is 1.44. The first-order valence-electron chi connectivity index (χ1n) is 8.45. The molecule has 1 N–H and O–H groups in total. The van der Waals surface area contributed by atoms with Crippen molar-refractivity contribution in [1.29, 1.82) is 5.26 Å². The van der Waals surface area contributed by atoms with Gasteiger partial charge in [0.2, 0.25) is 0 Å². The van der Waals surface area contributed by atoms with Gasteiger partial charge in [-0.25, -0.2) is 4.79 Å². The largest absolute Gasteiger partial charge is 0.493 e. The molecule has 8 heteroatoms. The van der Waals surface area contributed by atoms with Gasteiger partial charge in [0.05, 0.1) is 23.6 Å². The highest BCUT2D eigenvalue weighted by atomic mass is 32.1. The summed E-state index contributed by atoms with van der Waals surface area (Å²) in [5, 5.41) is 13.5. The van der Waals surface area contributed by atoms with Gasteiger partial charge in [-0.1, -0.05) is 6.07 Å². The zero-order chi connectivity index (χ0) is 20.6. The van der Waals surface area contributed by atoms with Crippen LogP contribution in [0.4, 0.5) is 5.69 Å². The van der Waals surface area contributed by atoms with Crippen molar-refractivity contribution in [1.82, 2.24) is 0 Å². The van der Waals surface area contributed by atoms with Gasteiger partial charge in [0, 0.05) is 11.8 Å². The Morgan fingerprint density at radius 3 is 2.55 bits per heavy atom. The summed E-state index contributed by atoms with van der Waals surface area (Å²) in [5.74, 6) is 0.193. The van der Waals surface area contributed by atoms with Crippen molar-refractivity contribution in [3.8, 4) is 23.3 Å². The number of methoxy groups -OCH3 is 1. The minimum Gasteiger partial charge on any atom is -0.493 e. The number of hydrogen-bond acceptors (Lipinski definition) is 7. The fraction of sp³-hybridized carbons (Fsp3) is 0.0952. The number of carbonyl (C=O) groups excluding carboxylic acids is 2. The molecule has 3 aromatic rings. The van der Waals surface area contributed by atoms with Crippen LogP contribution < -0.4 is 19.5 Å². The van der Waals surface area contributed by atoms with Crippen molar-refractivity contribution in [2.75, 3.05) is 19.0 Å². The van der Waals surface area contributed by atoms with Crippen LogP contribution in [0.5, 0.6) is 17.2 Å². The Morgan fingerprint density at radius 1 is 1.10 bits per heavy atom. The van der Waals surface area contributed by atoms with E-state index in [1.807, 2.05) is 11.4 Å². The first-order valence-corrected chi connectivity index (χ1v) is 9.33. The van der Waals surface area contributed by atoms with Crippen LogP contribution in [0.2, 0.25) is 0 Å². The molecule has 0 bridgehead atoms. The van der Waals surface area contributed by atoms with Crippen molar-refractivity contribution in [2.45, 2.75) is 0 Å². The lowest BCUT2D eigenvalue weighted by molar-refractivity contribution is -0.136. The first-order chi connectivity index (χ1) is 14.1. The molecule has 0 unspecified atom stereocenters. The Morgan fingerprint density at radius 2 is 1.90 bits per heavy atom. The van der Waals surface area contributed by atoms with Crippen LogP contribution >= 0.6 is 11.3 Å². The summed E-state index contributed by atoms with van der Waals surface area (Å²) in [6.45, 7) is -0.334. The Hall–Kier alpha value is -3.83. The zero-order valence-electron chi connectivity index (χ0n) is 15.4. The molecule has 0 aliphatic rings. The molecule has 0 aliphatic carbocycles. The number of carbonyl (C=O) groups is 2. The van der Waals surface area contributed by atoms with Crippen LogP contribution in [-0.4, -0.2) is 25.6 Å². The van der Waals surface area contributed by atoms with Crippen LogP contribution in [0.3, 0.4) is 0 Å². The fourth-order valence-electron chi connectivity index (χ4n) is 2.36. The van der Waals surface area contributed by atoms with E-state index in [9.17, 15) is 9.59 Å². The fourth-order valence-corrected chi connectivity index (χ4v) is 2.98. The number of anilines is 1. The number of nitriles is 1. The second-order valence-electron chi connectivity index (χ2n) is 5.70. The van der Waals surface area contributed by atoms with Crippen molar-refractivity contribution in [3.05, 3.63) is 70.4 Å². The molecule has 0 spiro atoms. The number of nitrogens with zero attached hydrogens (tertiary/aromatic N) is 1. The number of hydrogen-bond donors (Lipinski definition) is 1. The number of nitrogens with one attached hydrogen (secondary N) is 1. The molecule has 0 saturated heterocycles. The Bertz CT molecular complexity index is 1040. The highest BCUT2D eigenvalue weighted by Crippen LogP contribution is 2.28. The SMILES string of the molecule is COc1cc(C#N)ccc1OCC(=O)Oc1ccc(NC(=O)c2cccs2)cc1. The van der Waals surface area contributed by atoms with Crippen LogP contribution in [-0.2, 0) is 4.79 Å². The maximum Gasteiger partial charge on any atom is 0.349 e.